The van der Waals surface area contributed by atoms with Crippen molar-refractivity contribution < 1.29 is 54.1 Å². The minimum Gasteiger partial charge on any atom is -0.508 e. The van der Waals surface area contributed by atoms with Gasteiger partial charge in [0.15, 0.2) is 11.5 Å². The second kappa shape index (κ2) is 11.9. The van der Waals surface area contributed by atoms with Gasteiger partial charge in [-0.05, 0) is 48.0 Å². The number of ether oxygens (including phenoxy) is 3. The van der Waals surface area contributed by atoms with Gasteiger partial charge >= 0.3 is 5.97 Å². The van der Waals surface area contributed by atoms with Crippen LogP contribution in [0.4, 0.5) is 0 Å². The van der Waals surface area contributed by atoms with E-state index in [1.807, 2.05) is 0 Å². The van der Waals surface area contributed by atoms with Crippen LogP contribution in [0.5, 0.6) is 23.0 Å². The Morgan fingerprint density at radius 1 is 0.905 bits per heavy atom. The Hall–Kier alpha value is -4.88. The Bertz CT molecular complexity index is 1660. The molecule has 12 nitrogen and oxygen atoms in total. The highest BCUT2D eigenvalue weighted by atomic mass is 16.7. The predicted molar refractivity (Wildman–Crippen MR) is 147 cm³/mol. The van der Waals surface area contributed by atoms with Crippen LogP contribution < -0.4 is 10.2 Å². The first-order chi connectivity index (χ1) is 20.1. The van der Waals surface area contributed by atoms with Crippen molar-refractivity contribution >= 4 is 23.0 Å². The highest BCUT2D eigenvalue weighted by molar-refractivity contribution is 5.87. The molecule has 0 unspecified atom stereocenters. The van der Waals surface area contributed by atoms with Gasteiger partial charge in [0, 0.05) is 29.8 Å². The van der Waals surface area contributed by atoms with Crippen LogP contribution >= 0.6 is 0 Å². The van der Waals surface area contributed by atoms with E-state index < -0.39 is 54.5 Å². The number of carbonyl (C=O) groups is 1. The molecule has 1 aliphatic rings. The molecule has 5 atom stereocenters. The Labute approximate surface area is 237 Å². The number of carbonyl (C=O) groups excluding carboxylic acids is 1. The molecule has 1 fully saturated rings. The standard InChI is InChI=1S/C30H26O12/c31-14-24-27(37)28(38)29(42-25(36)10-3-15-1-6-17(32)7-2-15)30(41-24)39-19-8-4-16(5-9-19)22-13-21(35)26-20(34)11-18(33)12-23(26)40-22/h1-13,24,27-34,37-38H,14H2/b10-3+/t24-,27-,28+,29-,30-/m0/s1. The van der Waals surface area contributed by atoms with Gasteiger partial charge in [-0.25, -0.2) is 4.79 Å². The van der Waals surface area contributed by atoms with E-state index in [0.29, 0.717) is 11.1 Å². The lowest BCUT2D eigenvalue weighted by Crippen LogP contribution is -2.61. The number of aromatic hydroxyl groups is 3. The normalized spacial score (nSPS) is 22.3. The van der Waals surface area contributed by atoms with Crippen LogP contribution in [0.3, 0.4) is 0 Å². The van der Waals surface area contributed by atoms with E-state index in [4.69, 9.17) is 18.6 Å². The monoisotopic (exact) mass is 578 g/mol. The van der Waals surface area contributed by atoms with Gasteiger partial charge in [-0.2, -0.15) is 0 Å². The van der Waals surface area contributed by atoms with Crippen LogP contribution in [-0.2, 0) is 14.3 Å². The molecule has 0 aliphatic carbocycles. The van der Waals surface area contributed by atoms with E-state index in [-0.39, 0.29) is 34.0 Å². The van der Waals surface area contributed by atoms with Gasteiger partial charge in [-0.15, -0.1) is 0 Å². The third-order valence-corrected chi connectivity index (χ3v) is 6.57. The van der Waals surface area contributed by atoms with Crippen molar-refractivity contribution in [2.75, 3.05) is 6.61 Å². The van der Waals surface area contributed by atoms with Crippen LogP contribution in [0.1, 0.15) is 5.56 Å². The van der Waals surface area contributed by atoms with Crippen molar-refractivity contribution in [3.05, 3.63) is 88.6 Å². The third kappa shape index (κ3) is 6.06. The molecule has 0 saturated carbocycles. The molecule has 3 aromatic carbocycles. The van der Waals surface area contributed by atoms with Crippen molar-refractivity contribution in [2.45, 2.75) is 30.7 Å². The molecule has 0 radical (unpaired) electrons. The number of fused-ring (bicyclic) bond motifs is 1. The minimum absolute atomic E-state index is 0.0161. The first kappa shape index (κ1) is 28.6. The molecule has 12 heteroatoms. The summed E-state index contributed by atoms with van der Waals surface area (Å²) in [6, 6.07) is 15.5. The summed E-state index contributed by atoms with van der Waals surface area (Å²) in [5, 5.41) is 59.7. The van der Waals surface area contributed by atoms with Crippen molar-refractivity contribution in [2.24, 2.45) is 0 Å². The van der Waals surface area contributed by atoms with Gasteiger partial charge in [-0.1, -0.05) is 12.1 Å². The molecule has 0 spiro atoms. The van der Waals surface area contributed by atoms with Crippen molar-refractivity contribution in [1.82, 2.24) is 0 Å². The van der Waals surface area contributed by atoms with Crippen LogP contribution in [0, 0.1) is 0 Å². The molecule has 6 N–H and O–H groups in total. The quantitative estimate of drug-likeness (QED) is 0.138. The summed E-state index contributed by atoms with van der Waals surface area (Å²) in [4.78, 5) is 25.1. The zero-order valence-electron chi connectivity index (χ0n) is 21.7. The van der Waals surface area contributed by atoms with Gasteiger partial charge in [0.1, 0.15) is 58.0 Å². The summed E-state index contributed by atoms with van der Waals surface area (Å²) in [6.07, 6.45) is -4.87. The molecule has 2 heterocycles. The summed E-state index contributed by atoms with van der Waals surface area (Å²) in [7, 11) is 0. The van der Waals surface area contributed by atoms with Crippen molar-refractivity contribution in [1.29, 1.82) is 0 Å². The molecule has 1 aliphatic heterocycles. The number of hydrogen-bond acceptors (Lipinski definition) is 12. The minimum atomic E-state index is -1.66. The molecule has 1 saturated heterocycles. The summed E-state index contributed by atoms with van der Waals surface area (Å²) in [5.41, 5.74) is 0.498. The molecule has 4 aromatic rings. The highest BCUT2D eigenvalue weighted by Crippen LogP contribution is 2.32. The first-order valence-corrected chi connectivity index (χ1v) is 12.7. The van der Waals surface area contributed by atoms with E-state index in [9.17, 15) is 40.2 Å². The summed E-state index contributed by atoms with van der Waals surface area (Å²) >= 11 is 0. The molecule has 1 aromatic heterocycles. The lowest BCUT2D eigenvalue weighted by molar-refractivity contribution is -0.281. The molecule has 0 bridgehead atoms. The SMILES string of the molecule is O=C(/C=C/c1ccc(O)cc1)O[C@@H]1[C@@H](Oc2ccc(-c3cc(=O)c4c(O)cc(O)cc4o3)cc2)O[C@@H](CO)[C@H](O)[C@H]1O. The topological polar surface area (TPSA) is 196 Å². The van der Waals surface area contributed by atoms with Gasteiger partial charge < -0.3 is 49.3 Å². The lowest BCUT2D eigenvalue weighted by Gasteiger charge is -2.41. The second-order valence-electron chi connectivity index (χ2n) is 9.49. The number of benzene rings is 3. The maximum atomic E-state index is 12.6. The number of hydrogen-bond donors (Lipinski definition) is 6. The number of rotatable bonds is 7. The third-order valence-electron chi connectivity index (χ3n) is 6.57. The average molecular weight is 579 g/mol. The zero-order chi connectivity index (χ0) is 30.0. The van der Waals surface area contributed by atoms with Gasteiger partial charge in [0.25, 0.3) is 0 Å². The van der Waals surface area contributed by atoms with Gasteiger partial charge in [0.2, 0.25) is 6.29 Å². The van der Waals surface area contributed by atoms with E-state index in [1.54, 1.807) is 24.3 Å². The van der Waals surface area contributed by atoms with Crippen LogP contribution in [0.25, 0.3) is 28.4 Å². The first-order valence-electron chi connectivity index (χ1n) is 12.7. The molecular weight excluding hydrogens is 552 g/mol. The molecular formula is C30H26O12. The number of phenols is 3. The number of aliphatic hydroxyl groups excluding tert-OH is 3. The summed E-state index contributed by atoms with van der Waals surface area (Å²) in [6.45, 7) is -0.648. The van der Waals surface area contributed by atoms with E-state index in [0.717, 1.165) is 12.1 Å². The van der Waals surface area contributed by atoms with Crippen molar-refractivity contribution in [3.8, 4) is 34.3 Å². The van der Waals surface area contributed by atoms with E-state index in [1.165, 1.54) is 42.5 Å². The van der Waals surface area contributed by atoms with E-state index in [2.05, 4.69) is 0 Å². The van der Waals surface area contributed by atoms with Crippen LogP contribution in [0.15, 0.2) is 82.0 Å². The van der Waals surface area contributed by atoms with Crippen LogP contribution in [-0.4, -0.2) is 73.9 Å². The second-order valence-corrected chi connectivity index (χ2v) is 9.49. The largest absolute Gasteiger partial charge is 0.508 e. The average Bonchev–Trinajstić information content (AvgIpc) is 2.96. The predicted octanol–water partition coefficient (Wildman–Crippen LogP) is 2.02. The molecule has 0 amide bonds. The van der Waals surface area contributed by atoms with Crippen LogP contribution in [0.2, 0.25) is 0 Å². The maximum absolute atomic E-state index is 12.6. The van der Waals surface area contributed by atoms with Gasteiger partial charge in [-0.3, -0.25) is 4.79 Å². The number of aliphatic hydroxyl groups is 3. The number of esters is 1. The van der Waals surface area contributed by atoms with E-state index >= 15 is 0 Å². The fourth-order valence-electron chi connectivity index (χ4n) is 4.43. The lowest BCUT2D eigenvalue weighted by atomic mass is 9.99. The molecule has 218 valence electrons. The zero-order valence-corrected chi connectivity index (χ0v) is 21.7. The molecule has 5 rings (SSSR count). The Kier molecular flexibility index (Phi) is 8.13. The maximum Gasteiger partial charge on any atom is 0.331 e. The highest BCUT2D eigenvalue weighted by Gasteiger charge is 2.47. The summed E-state index contributed by atoms with van der Waals surface area (Å²) < 4.78 is 22.5. The smallest absolute Gasteiger partial charge is 0.331 e. The number of phenolic OH excluding ortho intramolecular Hbond substituents is 3. The molecule has 42 heavy (non-hydrogen) atoms. The Balaban J connectivity index is 1.35. The fourth-order valence-corrected chi connectivity index (χ4v) is 4.43. The Morgan fingerprint density at radius 3 is 2.31 bits per heavy atom. The Morgan fingerprint density at radius 2 is 1.62 bits per heavy atom. The van der Waals surface area contributed by atoms with Crippen molar-refractivity contribution in [3.63, 3.8) is 0 Å². The summed E-state index contributed by atoms with van der Waals surface area (Å²) in [5.74, 6) is -1.19. The van der Waals surface area contributed by atoms with Gasteiger partial charge in [0.05, 0.1) is 6.61 Å². The fraction of sp³-hybridized carbons (Fsp3) is 0.200.